The minimum absolute atomic E-state index is 0.226. The van der Waals surface area contributed by atoms with Gasteiger partial charge in [0.1, 0.15) is 5.75 Å². The lowest BCUT2D eigenvalue weighted by molar-refractivity contribution is -0.139. The van der Waals surface area contributed by atoms with Crippen molar-refractivity contribution in [3.05, 3.63) is 42.0 Å². The van der Waals surface area contributed by atoms with Crippen LogP contribution in [0.4, 0.5) is 0 Å². The van der Waals surface area contributed by atoms with E-state index in [1.165, 1.54) is 7.11 Å². The summed E-state index contributed by atoms with van der Waals surface area (Å²) < 4.78 is 9.75. The van der Waals surface area contributed by atoms with Crippen molar-refractivity contribution in [2.75, 3.05) is 14.2 Å². The Morgan fingerprint density at radius 1 is 1.25 bits per heavy atom. The summed E-state index contributed by atoms with van der Waals surface area (Å²) >= 11 is 0. The molecule has 86 valence electrons. The molecule has 0 fully saturated rings. The number of methoxy groups -OCH3 is 2. The summed E-state index contributed by atoms with van der Waals surface area (Å²) in [6, 6.07) is 7.82. The van der Waals surface area contributed by atoms with E-state index in [4.69, 9.17) is 4.74 Å². The van der Waals surface area contributed by atoms with Gasteiger partial charge in [0.15, 0.2) is 0 Å². The molecule has 0 unspecified atom stereocenters. The molecule has 0 heterocycles. The Bertz CT molecular complexity index is 369. The first-order chi connectivity index (χ1) is 7.77. The van der Waals surface area contributed by atoms with Crippen LogP contribution in [-0.4, -0.2) is 20.2 Å². The standard InChI is InChI=1S/C13H16O3/c1-15-12-9-5-3-7-11(12)8-4-6-10-13(14)16-2/h3-7,9H,8,10H2,1-2H3/b6-4-. The number of benzene rings is 1. The smallest absolute Gasteiger partial charge is 0.309 e. The van der Waals surface area contributed by atoms with Gasteiger partial charge in [-0.3, -0.25) is 4.79 Å². The molecule has 0 radical (unpaired) electrons. The minimum Gasteiger partial charge on any atom is -0.496 e. The minimum atomic E-state index is -0.226. The second kappa shape index (κ2) is 6.67. The quantitative estimate of drug-likeness (QED) is 0.564. The SMILES string of the molecule is COC(=O)C/C=C\Cc1ccccc1OC. The van der Waals surface area contributed by atoms with Gasteiger partial charge >= 0.3 is 5.97 Å². The molecule has 0 aliphatic rings. The molecule has 0 atom stereocenters. The molecule has 1 aromatic carbocycles. The lowest BCUT2D eigenvalue weighted by Crippen LogP contribution is -1.97. The lowest BCUT2D eigenvalue weighted by Gasteiger charge is -2.04. The van der Waals surface area contributed by atoms with Crippen LogP contribution in [0.25, 0.3) is 0 Å². The Labute approximate surface area is 95.7 Å². The van der Waals surface area contributed by atoms with Crippen LogP contribution < -0.4 is 4.74 Å². The third kappa shape index (κ3) is 3.77. The Morgan fingerprint density at radius 2 is 2.00 bits per heavy atom. The highest BCUT2D eigenvalue weighted by Gasteiger charge is 1.99. The summed E-state index contributed by atoms with van der Waals surface area (Å²) in [6.07, 6.45) is 4.81. The number of esters is 1. The molecule has 1 aromatic rings. The van der Waals surface area contributed by atoms with E-state index < -0.39 is 0 Å². The number of rotatable bonds is 5. The van der Waals surface area contributed by atoms with Gasteiger partial charge in [0.05, 0.1) is 20.6 Å². The third-order valence-corrected chi connectivity index (χ3v) is 2.21. The Kier molecular flexibility index (Phi) is 5.12. The van der Waals surface area contributed by atoms with Crippen LogP contribution in [0.1, 0.15) is 12.0 Å². The summed E-state index contributed by atoms with van der Waals surface area (Å²) in [5.74, 6) is 0.640. The van der Waals surface area contributed by atoms with E-state index in [-0.39, 0.29) is 5.97 Å². The van der Waals surface area contributed by atoms with Gasteiger partial charge in [-0.2, -0.15) is 0 Å². The highest BCUT2D eigenvalue weighted by molar-refractivity contribution is 5.70. The van der Waals surface area contributed by atoms with Crippen molar-refractivity contribution in [1.29, 1.82) is 0 Å². The molecule has 0 aliphatic carbocycles. The van der Waals surface area contributed by atoms with E-state index in [1.807, 2.05) is 30.3 Å². The summed E-state index contributed by atoms with van der Waals surface area (Å²) in [6.45, 7) is 0. The molecule has 1 rings (SSSR count). The van der Waals surface area contributed by atoms with Crippen molar-refractivity contribution in [3.63, 3.8) is 0 Å². The van der Waals surface area contributed by atoms with E-state index >= 15 is 0 Å². The first-order valence-corrected chi connectivity index (χ1v) is 5.11. The topological polar surface area (TPSA) is 35.5 Å². The van der Waals surface area contributed by atoms with Gasteiger partial charge < -0.3 is 9.47 Å². The largest absolute Gasteiger partial charge is 0.496 e. The van der Waals surface area contributed by atoms with Crippen molar-refractivity contribution in [1.82, 2.24) is 0 Å². The molecule has 0 saturated heterocycles. The van der Waals surface area contributed by atoms with Gasteiger partial charge in [-0.05, 0) is 18.1 Å². The molecule has 0 aromatic heterocycles. The molecule has 3 heteroatoms. The van der Waals surface area contributed by atoms with Gasteiger partial charge in [-0.25, -0.2) is 0 Å². The third-order valence-electron chi connectivity index (χ3n) is 2.21. The van der Waals surface area contributed by atoms with E-state index in [0.717, 1.165) is 17.7 Å². The van der Waals surface area contributed by atoms with Gasteiger partial charge in [0.25, 0.3) is 0 Å². The normalized spacial score (nSPS) is 10.4. The molecule has 3 nitrogen and oxygen atoms in total. The number of carbonyl (C=O) groups is 1. The van der Waals surface area contributed by atoms with E-state index in [0.29, 0.717) is 6.42 Å². The fourth-order valence-corrected chi connectivity index (χ4v) is 1.34. The van der Waals surface area contributed by atoms with Crippen molar-refractivity contribution < 1.29 is 14.3 Å². The second-order valence-corrected chi connectivity index (χ2v) is 3.27. The van der Waals surface area contributed by atoms with Crippen LogP contribution in [0.2, 0.25) is 0 Å². The predicted molar refractivity (Wildman–Crippen MR) is 62.5 cm³/mol. The molecule has 0 amide bonds. The molecular weight excluding hydrogens is 204 g/mol. The van der Waals surface area contributed by atoms with Gasteiger partial charge in [0.2, 0.25) is 0 Å². The van der Waals surface area contributed by atoms with E-state index in [1.54, 1.807) is 13.2 Å². The van der Waals surface area contributed by atoms with Crippen LogP contribution in [0.5, 0.6) is 5.75 Å². The zero-order chi connectivity index (χ0) is 11.8. The molecule has 0 spiro atoms. The molecule has 16 heavy (non-hydrogen) atoms. The van der Waals surface area contributed by atoms with Gasteiger partial charge in [0, 0.05) is 0 Å². The first-order valence-electron chi connectivity index (χ1n) is 5.11. The number of para-hydroxylation sites is 1. The maximum absolute atomic E-state index is 10.8. The van der Waals surface area contributed by atoms with E-state index in [2.05, 4.69) is 4.74 Å². The average Bonchev–Trinajstić information content (AvgIpc) is 2.34. The summed E-state index contributed by atoms with van der Waals surface area (Å²) in [5.41, 5.74) is 1.10. The predicted octanol–water partition coefficient (Wildman–Crippen LogP) is 2.36. The first kappa shape index (κ1) is 12.3. The van der Waals surface area contributed by atoms with Crippen LogP contribution in [0.3, 0.4) is 0 Å². The van der Waals surface area contributed by atoms with Crippen LogP contribution in [-0.2, 0) is 16.0 Å². The average molecular weight is 220 g/mol. The van der Waals surface area contributed by atoms with Gasteiger partial charge in [-0.15, -0.1) is 0 Å². The van der Waals surface area contributed by atoms with Crippen LogP contribution in [0.15, 0.2) is 36.4 Å². The van der Waals surface area contributed by atoms with Crippen molar-refractivity contribution >= 4 is 5.97 Å². The second-order valence-electron chi connectivity index (χ2n) is 3.27. The number of ether oxygens (including phenoxy) is 2. The Balaban J connectivity index is 2.51. The monoisotopic (exact) mass is 220 g/mol. The van der Waals surface area contributed by atoms with Crippen LogP contribution >= 0.6 is 0 Å². The zero-order valence-electron chi connectivity index (χ0n) is 9.60. The maximum Gasteiger partial charge on any atom is 0.309 e. The number of hydrogen-bond acceptors (Lipinski definition) is 3. The highest BCUT2D eigenvalue weighted by atomic mass is 16.5. The summed E-state index contributed by atoms with van der Waals surface area (Å²) in [4.78, 5) is 10.8. The number of allylic oxidation sites excluding steroid dienone is 1. The van der Waals surface area contributed by atoms with Crippen LogP contribution in [0, 0.1) is 0 Å². The summed E-state index contributed by atoms with van der Waals surface area (Å²) in [5, 5.41) is 0. The Hall–Kier alpha value is -1.77. The molecular formula is C13H16O3. The molecule has 0 saturated carbocycles. The molecule has 0 bridgehead atoms. The highest BCUT2D eigenvalue weighted by Crippen LogP contribution is 2.17. The van der Waals surface area contributed by atoms with Crippen molar-refractivity contribution in [2.45, 2.75) is 12.8 Å². The maximum atomic E-state index is 10.8. The fourth-order valence-electron chi connectivity index (χ4n) is 1.34. The molecule has 0 aliphatic heterocycles. The number of carbonyl (C=O) groups excluding carboxylic acids is 1. The van der Waals surface area contributed by atoms with Crippen molar-refractivity contribution in [3.8, 4) is 5.75 Å². The van der Waals surface area contributed by atoms with E-state index in [9.17, 15) is 4.79 Å². The van der Waals surface area contributed by atoms with Crippen molar-refractivity contribution in [2.24, 2.45) is 0 Å². The number of hydrogen-bond donors (Lipinski definition) is 0. The molecule has 0 N–H and O–H groups in total. The zero-order valence-corrected chi connectivity index (χ0v) is 9.60. The van der Waals surface area contributed by atoms with Gasteiger partial charge in [-0.1, -0.05) is 30.4 Å². The summed E-state index contributed by atoms with van der Waals surface area (Å²) in [7, 11) is 3.04. The lowest BCUT2D eigenvalue weighted by atomic mass is 10.1. The Morgan fingerprint density at radius 3 is 2.69 bits per heavy atom. The fraction of sp³-hybridized carbons (Fsp3) is 0.308.